The lowest BCUT2D eigenvalue weighted by Gasteiger charge is -2.20. The van der Waals surface area contributed by atoms with E-state index in [0.29, 0.717) is 6.54 Å². The number of benzene rings is 1. The van der Waals surface area contributed by atoms with Gasteiger partial charge in [-0.05, 0) is 61.2 Å². The predicted molar refractivity (Wildman–Crippen MR) is 77.3 cm³/mol. The molecule has 1 atom stereocenters. The van der Waals surface area contributed by atoms with Gasteiger partial charge in [-0.25, -0.2) is 0 Å². The van der Waals surface area contributed by atoms with Crippen molar-refractivity contribution in [2.75, 3.05) is 6.54 Å². The zero-order chi connectivity index (χ0) is 13.8. The Morgan fingerprint density at radius 2 is 1.84 bits per heavy atom. The van der Waals surface area contributed by atoms with Crippen molar-refractivity contribution in [2.45, 2.75) is 26.9 Å². The third kappa shape index (κ3) is 3.12. The average Bonchev–Trinajstić information content (AvgIpc) is 2.42. The molecule has 0 saturated carbocycles. The molecule has 0 saturated heterocycles. The monoisotopic (exact) mass is 256 g/mol. The molecule has 0 radical (unpaired) electrons. The summed E-state index contributed by atoms with van der Waals surface area (Å²) < 4.78 is 6.09. The minimum Gasteiger partial charge on any atom is -0.484 e. The average molecular weight is 256 g/mol. The van der Waals surface area contributed by atoms with Crippen LogP contribution in [0.25, 0.3) is 0 Å². The third-order valence-corrected chi connectivity index (χ3v) is 3.33. The molecule has 1 aromatic carbocycles. The number of hydrogen-bond acceptors (Lipinski definition) is 3. The van der Waals surface area contributed by atoms with Crippen LogP contribution in [0.1, 0.15) is 28.4 Å². The van der Waals surface area contributed by atoms with Gasteiger partial charge >= 0.3 is 0 Å². The van der Waals surface area contributed by atoms with Crippen LogP contribution < -0.4 is 10.5 Å². The molecule has 0 aliphatic heterocycles. The van der Waals surface area contributed by atoms with Crippen LogP contribution in [-0.2, 0) is 0 Å². The summed E-state index contributed by atoms with van der Waals surface area (Å²) in [5.41, 5.74) is 10.5. The van der Waals surface area contributed by atoms with E-state index < -0.39 is 0 Å². The molecule has 1 heterocycles. The molecule has 0 bridgehead atoms. The Hall–Kier alpha value is -1.87. The van der Waals surface area contributed by atoms with Gasteiger partial charge in [0.15, 0.2) is 0 Å². The molecule has 0 spiro atoms. The maximum atomic E-state index is 6.09. The summed E-state index contributed by atoms with van der Waals surface area (Å²) in [6.07, 6.45) is 3.38. The molecule has 1 aromatic heterocycles. The van der Waals surface area contributed by atoms with Crippen molar-refractivity contribution in [1.29, 1.82) is 0 Å². The number of aryl methyl sites for hydroxylation is 2. The highest BCUT2D eigenvalue weighted by Crippen LogP contribution is 2.27. The van der Waals surface area contributed by atoms with Gasteiger partial charge < -0.3 is 10.5 Å². The number of rotatable bonds is 4. The molecule has 0 aliphatic rings. The van der Waals surface area contributed by atoms with Crippen molar-refractivity contribution in [2.24, 2.45) is 5.73 Å². The van der Waals surface area contributed by atoms with Crippen LogP contribution in [0.5, 0.6) is 5.75 Å². The standard InChI is InChI=1S/C16H20N2O/c1-11-8-12(2)13(3)15(9-11)19-16(10-17)14-4-6-18-7-5-14/h4-9,16H,10,17H2,1-3H3. The number of aromatic nitrogens is 1. The van der Waals surface area contributed by atoms with Crippen LogP contribution >= 0.6 is 0 Å². The highest BCUT2D eigenvalue weighted by atomic mass is 16.5. The minimum atomic E-state index is -0.136. The van der Waals surface area contributed by atoms with Crippen LogP contribution in [0.2, 0.25) is 0 Å². The van der Waals surface area contributed by atoms with E-state index in [1.165, 1.54) is 11.1 Å². The van der Waals surface area contributed by atoms with E-state index in [1.807, 2.05) is 12.1 Å². The number of pyridine rings is 1. The smallest absolute Gasteiger partial charge is 0.136 e. The maximum absolute atomic E-state index is 6.09. The van der Waals surface area contributed by atoms with Crippen LogP contribution in [-0.4, -0.2) is 11.5 Å². The molecule has 0 aliphatic carbocycles. The summed E-state index contributed by atoms with van der Waals surface area (Å²) in [5.74, 6) is 0.907. The van der Waals surface area contributed by atoms with Crippen molar-refractivity contribution in [3.05, 3.63) is 58.9 Å². The zero-order valence-electron chi connectivity index (χ0n) is 11.7. The van der Waals surface area contributed by atoms with Crippen LogP contribution in [0.3, 0.4) is 0 Å². The van der Waals surface area contributed by atoms with Gasteiger partial charge in [0.2, 0.25) is 0 Å². The van der Waals surface area contributed by atoms with E-state index in [0.717, 1.165) is 16.9 Å². The van der Waals surface area contributed by atoms with Crippen molar-refractivity contribution in [1.82, 2.24) is 4.98 Å². The van der Waals surface area contributed by atoms with Gasteiger partial charge in [0.25, 0.3) is 0 Å². The first kappa shape index (κ1) is 13.6. The SMILES string of the molecule is Cc1cc(C)c(C)c(OC(CN)c2ccncc2)c1. The summed E-state index contributed by atoms with van der Waals surface area (Å²) in [6.45, 7) is 6.68. The number of hydrogen-bond donors (Lipinski definition) is 1. The highest BCUT2D eigenvalue weighted by Gasteiger charge is 2.13. The summed E-state index contributed by atoms with van der Waals surface area (Å²) in [6, 6.07) is 8.10. The molecule has 1 unspecified atom stereocenters. The predicted octanol–water partition coefficient (Wildman–Crippen LogP) is 3.09. The van der Waals surface area contributed by atoms with E-state index >= 15 is 0 Å². The first-order valence-corrected chi connectivity index (χ1v) is 6.46. The van der Waals surface area contributed by atoms with Crippen LogP contribution in [0.15, 0.2) is 36.7 Å². The molecule has 2 rings (SSSR count). The zero-order valence-corrected chi connectivity index (χ0v) is 11.7. The second kappa shape index (κ2) is 5.85. The first-order chi connectivity index (χ1) is 9.11. The first-order valence-electron chi connectivity index (χ1n) is 6.46. The molecule has 3 heteroatoms. The molecular weight excluding hydrogens is 236 g/mol. The Labute approximate surface area is 114 Å². The number of nitrogens with zero attached hydrogens (tertiary/aromatic N) is 1. The second-order valence-electron chi connectivity index (χ2n) is 4.83. The minimum absolute atomic E-state index is 0.136. The summed E-state index contributed by atoms with van der Waals surface area (Å²) >= 11 is 0. The summed E-state index contributed by atoms with van der Waals surface area (Å²) in [5, 5.41) is 0. The summed E-state index contributed by atoms with van der Waals surface area (Å²) in [4.78, 5) is 4.02. The number of ether oxygens (including phenoxy) is 1. The Balaban J connectivity index is 2.29. The molecule has 0 amide bonds. The quantitative estimate of drug-likeness (QED) is 0.914. The Kier molecular flexibility index (Phi) is 4.17. The Morgan fingerprint density at radius 3 is 2.47 bits per heavy atom. The van der Waals surface area contributed by atoms with E-state index in [-0.39, 0.29) is 6.10 Å². The topological polar surface area (TPSA) is 48.1 Å². The van der Waals surface area contributed by atoms with Crippen LogP contribution in [0.4, 0.5) is 0 Å². The van der Waals surface area contributed by atoms with Gasteiger partial charge in [0.05, 0.1) is 0 Å². The van der Waals surface area contributed by atoms with Gasteiger partial charge in [-0.15, -0.1) is 0 Å². The van der Waals surface area contributed by atoms with Crippen molar-refractivity contribution >= 4 is 0 Å². The fourth-order valence-corrected chi connectivity index (χ4v) is 2.11. The van der Waals surface area contributed by atoms with Crippen molar-refractivity contribution in [3.63, 3.8) is 0 Å². The Morgan fingerprint density at radius 1 is 1.16 bits per heavy atom. The lowest BCUT2D eigenvalue weighted by Crippen LogP contribution is -2.19. The van der Waals surface area contributed by atoms with Crippen molar-refractivity contribution < 1.29 is 4.74 Å². The lowest BCUT2D eigenvalue weighted by atomic mass is 10.1. The lowest BCUT2D eigenvalue weighted by molar-refractivity contribution is 0.212. The fourth-order valence-electron chi connectivity index (χ4n) is 2.11. The van der Waals surface area contributed by atoms with Gasteiger partial charge in [-0.2, -0.15) is 0 Å². The molecule has 19 heavy (non-hydrogen) atoms. The Bertz CT molecular complexity index is 552. The van der Waals surface area contributed by atoms with Gasteiger partial charge in [0, 0.05) is 18.9 Å². The highest BCUT2D eigenvalue weighted by molar-refractivity contribution is 5.42. The second-order valence-corrected chi connectivity index (χ2v) is 4.83. The van der Waals surface area contributed by atoms with E-state index in [9.17, 15) is 0 Å². The third-order valence-electron chi connectivity index (χ3n) is 3.33. The molecular formula is C16H20N2O. The van der Waals surface area contributed by atoms with E-state index in [4.69, 9.17) is 10.5 Å². The molecule has 2 N–H and O–H groups in total. The molecule has 100 valence electrons. The molecule has 2 aromatic rings. The molecule has 0 fully saturated rings. The van der Waals surface area contributed by atoms with E-state index in [2.05, 4.69) is 37.9 Å². The number of nitrogens with two attached hydrogens (primary N) is 1. The van der Waals surface area contributed by atoms with Crippen molar-refractivity contribution in [3.8, 4) is 5.75 Å². The fraction of sp³-hybridized carbons (Fsp3) is 0.312. The normalized spacial score (nSPS) is 12.2. The van der Waals surface area contributed by atoms with Gasteiger partial charge in [-0.3, -0.25) is 4.98 Å². The van der Waals surface area contributed by atoms with Gasteiger partial charge in [-0.1, -0.05) is 6.07 Å². The van der Waals surface area contributed by atoms with E-state index in [1.54, 1.807) is 12.4 Å². The van der Waals surface area contributed by atoms with Crippen LogP contribution in [0, 0.1) is 20.8 Å². The van der Waals surface area contributed by atoms with Gasteiger partial charge in [0.1, 0.15) is 11.9 Å². The molecule has 3 nitrogen and oxygen atoms in total. The summed E-state index contributed by atoms with van der Waals surface area (Å²) in [7, 11) is 0. The maximum Gasteiger partial charge on any atom is 0.136 e. The largest absolute Gasteiger partial charge is 0.484 e.